The van der Waals surface area contributed by atoms with Gasteiger partial charge in [-0.1, -0.05) is 25.4 Å². The SMILES string of the molecule is CCn1ncc(NC2CCC(C)C(C)C2)c(Cl)c1=O. The molecule has 1 aliphatic carbocycles. The van der Waals surface area contributed by atoms with E-state index in [9.17, 15) is 4.79 Å². The fourth-order valence-corrected chi connectivity index (χ4v) is 2.89. The zero-order valence-corrected chi connectivity index (χ0v) is 12.6. The smallest absolute Gasteiger partial charge is 0.287 e. The Morgan fingerprint density at radius 2 is 2.16 bits per heavy atom. The van der Waals surface area contributed by atoms with Gasteiger partial charge in [-0.2, -0.15) is 5.10 Å². The van der Waals surface area contributed by atoms with Crippen molar-refractivity contribution in [1.82, 2.24) is 9.78 Å². The molecule has 3 unspecified atom stereocenters. The van der Waals surface area contributed by atoms with Crippen molar-refractivity contribution in [3.8, 4) is 0 Å². The van der Waals surface area contributed by atoms with E-state index >= 15 is 0 Å². The van der Waals surface area contributed by atoms with Crippen LogP contribution >= 0.6 is 11.6 Å². The van der Waals surface area contributed by atoms with Crippen LogP contribution in [-0.2, 0) is 6.54 Å². The normalized spacial score (nSPS) is 27.3. The van der Waals surface area contributed by atoms with Gasteiger partial charge in [-0.05, 0) is 38.0 Å². The maximum atomic E-state index is 11.9. The van der Waals surface area contributed by atoms with Gasteiger partial charge in [-0.15, -0.1) is 0 Å². The summed E-state index contributed by atoms with van der Waals surface area (Å²) in [6.45, 7) is 7.00. The van der Waals surface area contributed by atoms with E-state index in [1.54, 1.807) is 6.20 Å². The molecule has 1 heterocycles. The van der Waals surface area contributed by atoms with Crippen molar-refractivity contribution in [3.05, 3.63) is 21.6 Å². The topological polar surface area (TPSA) is 46.9 Å². The highest BCUT2D eigenvalue weighted by molar-refractivity contribution is 6.32. The van der Waals surface area contributed by atoms with Crippen molar-refractivity contribution in [2.24, 2.45) is 11.8 Å². The summed E-state index contributed by atoms with van der Waals surface area (Å²) >= 11 is 6.13. The lowest BCUT2D eigenvalue weighted by atomic mass is 9.79. The van der Waals surface area contributed by atoms with Crippen LogP contribution in [0.25, 0.3) is 0 Å². The van der Waals surface area contributed by atoms with Gasteiger partial charge < -0.3 is 5.32 Å². The Labute approximate surface area is 119 Å². The minimum absolute atomic E-state index is 0.216. The number of aryl methyl sites for hydroxylation is 1. The largest absolute Gasteiger partial charge is 0.380 e. The molecule has 1 aliphatic rings. The fourth-order valence-electron chi connectivity index (χ4n) is 2.69. The zero-order chi connectivity index (χ0) is 14.0. The Morgan fingerprint density at radius 3 is 2.79 bits per heavy atom. The molecule has 2 rings (SSSR count). The molecule has 1 saturated carbocycles. The summed E-state index contributed by atoms with van der Waals surface area (Å²) in [6, 6.07) is 0.391. The van der Waals surface area contributed by atoms with Crippen LogP contribution < -0.4 is 10.9 Å². The van der Waals surface area contributed by atoms with E-state index in [2.05, 4.69) is 24.3 Å². The Balaban J connectivity index is 2.12. The summed E-state index contributed by atoms with van der Waals surface area (Å²) in [5, 5.41) is 7.75. The van der Waals surface area contributed by atoms with E-state index in [1.807, 2.05) is 6.92 Å². The summed E-state index contributed by atoms with van der Waals surface area (Å²) in [5.41, 5.74) is 0.453. The van der Waals surface area contributed by atoms with Crippen LogP contribution in [0.5, 0.6) is 0 Å². The molecule has 0 saturated heterocycles. The van der Waals surface area contributed by atoms with Crippen molar-refractivity contribution in [1.29, 1.82) is 0 Å². The summed E-state index contributed by atoms with van der Waals surface area (Å²) in [5.74, 6) is 1.48. The standard InChI is InChI=1S/C14H22ClN3O/c1-4-18-14(19)13(15)12(8-16-18)17-11-6-5-9(2)10(3)7-11/h8-11,17H,4-7H2,1-3H3. The zero-order valence-electron chi connectivity index (χ0n) is 11.8. The van der Waals surface area contributed by atoms with E-state index in [4.69, 9.17) is 11.6 Å². The molecule has 0 aromatic carbocycles. The molecule has 0 amide bonds. The first-order valence-corrected chi connectivity index (χ1v) is 7.42. The second-order valence-corrected chi connectivity index (χ2v) is 5.98. The summed E-state index contributed by atoms with van der Waals surface area (Å²) in [7, 11) is 0. The van der Waals surface area contributed by atoms with E-state index in [-0.39, 0.29) is 10.6 Å². The quantitative estimate of drug-likeness (QED) is 0.927. The molecule has 3 atom stereocenters. The molecule has 1 N–H and O–H groups in total. The third-order valence-electron chi connectivity index (χ3n) is 4.24. The molecule has 1 aromatic rings. The first-order chi connectivity index (χ1) is 9.02. The molecule has 19 heavy (non-hydrogen) atoms. The van der Waals surface area contributed by atoms with Crippen LogP contribution in [-0.4, -0.2) is 15.8 Å². The second kappa shape index (κ2) is 5.95. The first kappa shape index (κ1) is 14.4. The lowest BCUT2D eigenvalue weighted by molar-refractivity contribution is 0.261. The van der Waals surface area contributed by atoms with E-state index in [0.29, 0.717) is 24.2 Å². The molecule has 0 spiro atoms. The number of anilines is 1. The highest BCUT2D eigenvalue weighted by atomic mass is 35.5. The number of hydrogen-bond donors (Lipinski definition) is 1. The molecule has 1 aromatic heterocycles. The number of hydrogen-bond acceptors (Lipinski definition) is 3. The Morgan fingerprint density at radius 1 is 1.42 bits per heavy atom. The van der Waals surface area contributed by atoms with Crippen LogP contribution in [0.2, 0.25) is 5.02 Å². The Bertz CT molecular complexity index is 500. The molecule has 0 radical (unpaired) electrons. The molecule has 5 heteroatoms. The summed E-state index contributed by atoms with van der Waals surface area (Å²) in [6.07, 6.45) is 5.12. The van der Waals surface area contributed by atoms with Gasteiger partial charge in [0, 0.05) is 12.6 Å². The fraction of sp³-hybridized carbons (Fsp3) is 0.714. The van der Waals surface area contributed by atoms with Crippen LogP contribution in [0, 0.1) is 11.8 Å². The lowest BCUT2D eigenvalue weighted by Crippen LogP contribution is -2.32. The predicted octanol–water partition coefficient (Wildman–Crippen LogP) is 3.15. The minimum Gasteiger partial charge on any atom is -0.380 e. The highest BCUT2D eigenvalue weighted by Crippen LogP contribution is 2.31. The van der Waals surface area contributed by atoms with Gasteiger partial charge in [0.25, 0.3) is 5.56 Å². The molecular formula is C14H22ClN3O. The number of nitrogens with one attached hydrogen (secondary N) is 1. The van der Waals surface area contributed by atoms with E-state index in [1.165, 1.54) is 11.1 Å². The van der Waals surface area contributed by atoms with Crippen molar-refractivity contribution < 1.29 is 0 Å². The third-order valence-corrected chi connectivity index (χ3v) is 4.61. The van der Waals surface area contributed by atoms with Gasteiger partial charge >= 0.3 is 0 Å². The van der Waals surface area contributed by atoms with Crippen LogP contribution in [0.1, 0.15) is 40.0 Å². The molecule has 106 valence electrons. The Hall–Kier alpha value is -1.03. The van der Waals surface area contributed by atoms with E-state index < -0.39 is 0 Å². The minimum atomic E-state index is -0.216. The number of halogens is 1. The van der Waals surface area contributed by atoms with Gasteiger partial charge in [0.05, 0.1) is 11.9 Å². The monoisotopic (exact) mass is 283 g/mol. The summed E-state index contributed by atoms with van der Waals surface area (Å²) < 4.78 is 1.37. The van der Waals surface area contributed by atoms with Gasteiger partial charge in [-0.25, -0.2) is 4.68 Å². The molecule has 0 aliphatic heterocycles. The van der Waals surface area contributed by atoms with Crippen molar-refractivity contribution >= 4 is 17.3 Å². The maximum absolute atomic E-state index is 11.9. The average Bonchev–Trinajstić information content (AvgIpc) is 2.40. The van der Waals surface area contributed by atoms with Gasteiger partial charge in [-0.3, -0.25) is 4.79 Å². The number of aromatic nitrogens is 2. The van der Waals surface area contributed by atoms with Crippen molar-refractivity contribution in [2.45, 2.75) is 52.6 Å². The highest BCUT2D eigenvalue weighted by Gasteiger charge is 2.25. The van der Waals surface area contributed by atoms with Gasteiger partial charge in [0.1, 0.15) is 5.02 Å². The second-order valence-electron chi connectivity index (χ2n) is 5.60. The van der Waals surface area contributed by atoms with Crippen molar-refractivity contribution in [2.75, 3.05) is 5.32 Å². The maximum Gasteiger partial charge on any atom is 0.287 e. The molecular weight excluding hydrogens is 262 g/mol. The van der Waals surface area contributed by atoms with Crippen LogP contribution in [0.3, 0.4) is 0 Å². The van der Waals surface area contributed by atoms with Gasteiger partial charge in [0.15, 0.2) is 0 Å². The Kier molecular flexibility index (Phi) is 4.50. The molecule has 4 nitrogen and oxygen atoms in total. The number of rotatable bonds is 3. The van der Waals surface area contributed by atoms with Gasteiger partial charge in [0.2, 0.25) is 0 Å². The van der Waals surface area contributed by atoms with Crippen LogP contribution in [0.4, 0.5) is 5.69 Å². The van der Waals surface area contributed by atoms with Crippen molar-refractivity contribution in [3.63, 3.8) is 0 Å². The molecule has 0 bridgehead atoms. The summed E-state index contributed by atoms with van der Waals surface area (Å²) in [4.78, 5) is 11.9. The molecule has 1 fully saturated rings. The number of nitrogens with zero attached hydrogens (tertiary/aromatic N) is 2. The average molecular weight is 284 g/mol. The lowest BCUT2D eigenvalue weighted by Gasteiger charge is -2.33. The third kappa shape index (κ3) is 3.11. The van der Waals surface area contributed by atoms with E-state index in [0.717, 1.165) is 18.8 Å². The first-order valence-electron chi connectivity index (χ1n) is 7.05. The van der Waals surface area contributed by atoms with Crippen LogP contribution in [0.15, 0.2) is 11.0 Å². The predicted molar refractivity (Wildman–Crippen MR) is 78.8 cm³/mol.